The second kappa shape index (κ2) is 4.83. The fourth-order valence-corrected chi connectivity index (χ4v) is 1.49. The summed E-state index contributed by atoms with van der Waals surface area (Å²) < 4.78 is 6.01. The number of benzene rings is 1. The fourth-order valence-electron chi connectivity index (χ4n) is 1.33. The maximum Gasteiger partial charge on any atom is 0.133 e. The Kier molecular flexibility index (Phi) is 3.92. The van der Waals surface area contributed by atoms with Crippen LogP contribution < -0.4 is 10.5 Å². The van der Waals surface area contributed by atoms with Gasteiger partial charge in [-0.3, -0.25) is 0 Å². The number of nitrogens with two attached hydrogens (primary N) is 1. The molecule has 2 N–H and O–H groups in total. The summed E-state index contributed by atoms with van der Waals surface area (Å²) >= 11 is 5.03. The van der Waals surface area contributed by atoms with Crippen LogP contribution in [-0.4, -0.2) is 10.6 Å². The highest BCUT2D eigenvalue weighted by atomic mass is 32.1. The average molecular weight is 237 g/mol. The minimum atomic E-state index is -0.203. The van der Waals surface area contributed by atoms with Crippen LogP contribution in [0.2, 0.25) is 0 Å². The van der Waals surface area contributed by atoms with Gasteiger partial charge in [-0.25, -0.2) is 0 Å². The summed E-state index contributed by atoms with van der Waals surface area (Å²) in [5.41, 5.74) is 7.37. The van der Waals surface area contributed by atoms with E-state index < -0.39 is 0 Å². The Hall–Kier alpha value is -1.09. The quantitative estimate of drug-likeness (QED) is 0.817. The molecule has 0 spiro atoms. The van der Waals surface area contributed by atoms with E-state index in [-0.39, 0.29) is 5.60 Å². The third kappa shape index (κ3) is 2.95. The molecule has 1 rings (SSSR count). The van der Waals surface area contributed by atoms with Gasteiger partial charge in [-0.2, -0.15) is 0 Å². The molecule has 0 atom stereocenters. The van der Waals surface area contributed by atoms with Crippen LogP contribution in [0.15, 0.2) is 18.2 Å². The van der Waals surface area contributed by atoms with E-state index in [2.05, 4.69) is 20.8 Å². The van der Waals surface area contributed by atoms with Crippen molar-refractivity contribution in [3.05, 3.63) is 29.3 Å². The molecule has 0 aliphatic rings. The number of para-hydroxylation sites is 1. The fraction of sp³-hybridized carbons (Fsp3) is 0.462. The average Bonchev–Trinajstić information content (AvgIpc) is 2.20. The normalized spacial score (nSPS) is 11.2. The summed E-state index contributed by atoms with van der Waals surface area (Å²) in [5.74, 6) is 0.807. The maximum atomic E-state index is 6.01. The number of hydrogen-bond donors (Lipinski definition) is 1. The number of rotatable bonds is 4. The lowest BCUT2D eigenvalue weighted by Crippen LogP contribution is -2.28. The summed E-state index contributed by atoms with van der Waals surface area (Å²) in [4.78, 5) is 0.380. The topological polar surface area (TPSA) is 35.2 Å². The Balaban J connectivity index is 3.16. The molecule has 0 fully saturated rings. The highest BCUT2D eigenvalue weighted by Crippen LogP contribution is 2.28. The van der Waals surface area contributed by atoms with Crippen molar-refractivity contribution in [1.82, 2.24) is 0 Å². The predicted molar refractivity (Wildman–Crippen MR) is 72.1 cm³/mol. The minimum Gasteiger partial charge on any atom is -0.487 e. The number of aryl methyl sites for hydroxylation is 1. The first-order chi connectivity index (χ1) is 7.37. The number of thiocarbonyl (C=S) groups is 1. The summed E-state index contributed by atoms with van der Waals surface area (Å²) in [6, 6.07) is 5.84. The third-order valence-electron chi connectivity index (χ3n) is 2.71. The molecule has 0 unspecified atom stereocenters. The van der Waals surface area contributed by atoms with Crippen LogP contribution in [0.3, 0.4) is 0 Å². The highest BCUT2D eigenvalue weighted by Gasteiger charge is 2.20. The molecule has 2 nitrogen and oxygen atoms in total. The van der Waals surface area contributed by atoms with Gasteiger partial charge in [-0.15, -0.1) is 0 Å². The van der Waals surface area contributed by atoms with E-state index in [0.29, 0.717) is 4.99 Å². The molecule has 0 radical (unpaired) electrons. The van der Waals surface area contributed by atoms with Gasteiger partial charge in [0.05, 0.1) is 5.56 Å². The lowest BCUT2D eigenvalue weighted by Gasteiger charge is -2.27. The molecule has 0 bridgehead atoms. The maximum absolute atomic E-state index is 6.01. The standard InChI is InChI=1S/C13H19NOS/c1-5-13(3,4)15-11-9(2)7-6-8-10(11)12(14)16/h6-8H,5H2,1-4H3,(H2,14,16). The van der Waals surface area contributed by atoms with Crippen LogP contribution in [0, 0.1) is 6.92 Å². The highest BCUT2D eigenvalue weighted by molar-refractivity contribution is 7.80. The Morgan fingerprint density at radius 3 is 2.56 bits per heavy atom. The molecule has 1 aromatic carbocycles. The van der Waals surface area contributed by atoms with Crippen molar-refractivity contribution in [2.45, 2.75) is 39.7 Å². The summed E-state index contributed by atoms with van der Waals surface area (Å²) in [7, 11) is 0. The van der Waals surface area contributed by atoms with Crippen molar-refractivity contribution >= 4 is 17.2 Å². The van der Waals surface area contributed by atoms with Gasteiger partial charge in [-0.05, 0) is 38.8 Å². The van der Waals surface area contributed by atoms with E-state index >= 15 is 0 Å². The molecule has 0 saturated heterocycles. The molecular weight excluding hydrogens is 218 g/mol. The van der Waals surface area contributed by atoms with Gasteiger partial charge in [0.2, 0.25) is 0 Å². The second-order valence-electron chi connectivity index (χ2n) is 4.53. The van der Waals surface area contributed by atoms with Crippen LogP contribution in [0.5, 0.6) is 5.75 Å². The first-order valence-electron chi connectivity index (χ1n) is 5.46. The van der Waals surface area contributed by atoms with E-state index in [1.807, 2.05) is 25.1 Å². The van der Waals surface area contributed by atoms with E-state index in [4.69, 9.17) is 22.7 Å². The minimum absolute atomic E-state index is 0.203. The lowest BCUT2D eigenvalue weighted by molar-refractivity contribution is 0.104. The first kappa shape index (κ1) is 13.0. The van der Waals surface area contributed by atoms with E-state index in [0.717, 1.165) is 23.3 Å². The summed E-state index contributed by atoms with van der Waals surface area (Å²) in [6.07, 6.45) is 0.929. The molecular formula is C13H19NOS. The number of hydrogen-bond acceptors (Lipinski definition) is 2. The van der Waals surface area contributed by atoms with Gasteiger partial charge < -0.3 is 10.5 Å². The lowest BCUT2D eigenvalue weighted by atomic mass is 10.0. The predicted octanol–water partition coefficient (Wildman–Crippen LogP) is 3.20. The van der Waals surface area contributed by atoms with E-state index in [1.165, 1.54) is 0 Å². The Bertz CT molecular complexity index is 399. The van der Waals surface area contributed by atoms with Gasteiger partial charge in [0.25, 0.3) is 0 Å². The van der Waals surface area contributed by atoms with Crippen LogP contribution in [0.1, 0.15) is 38.3 Å². The van der Waals surface area contributed by atoms with Gasteiger partial charge >= 0.3 is 0 Å². The largest absolute Gasteiger partial charge is 0.487 e. The van der Waals surface area contributed by atoms with Gasteiger partial charge in [0, 0.05) is 0 Å². The van der Waals surface area contributed by atoms with Crippen LogP contribution >= 0.6 is 12.2 Å². The molecule has 16 heavy (non-hydrogen) atoms. The SMILES string of the molecule is CCC(C)(C)Oc1c(C)cccc1C(N)=S. The molecule has 0 saturated carbocycles. The van der Waals surface area contributed by atoms with Crippen molar-refractivity contribution < 1.29 is 4.74 Å². The Labute approximate surface area is 103 Å². The molecule has 0 heterocycles. The van der Waals surface area contributed by atoms with Gasteiger partial charge in [0.15, 0.2) is 0 Å². The zero-order valence-corrected chi connectivity index (χ0v) is 11.1. The Morgan fingerprint density at radius 2 is 2.06 bits per heavy atom. The second-order valence-corrected chi connectivity index (χ2v) is 4.97. The van der Waals surface area contributed by atoms with Gasteiger partial charge in [0.1, 0.15) is 16.3 Å². The van der Waals surface area contributed by atoms with Crippen LogP contribution in [0.4, 0.5) is 0 Å². The van der Waals surface area contributed by atoms with Crippen molar-refractivity contribution in [2.24, 2.45) is 5.73 Å². The van der Waals surface area contributed by atoms with Crippen LogP contribution in [0.25, 0.3) is 0 Å². The number of ether oxygens (including phenoxy) is 1. The van der Waals surface area contributed by atoms with E-state index in [9.17, 15) is 0 Å². The molecule has 0 aliphatic heterocycles. The third-order valence-corrected chi connectivity index (χ3v) is 2.93. The molecule has 3 heteroatoms. The summed E-state index contributed by atoms with van der Waals surface area (Å²) in [5, 5.41) is 0. The molecule has 0 aromatic heterocycles. The zero-order chi connectivity index (χ0) is 12.3. The monoisotopic (exact) mass is 237 g/mol. The van der Waals surface area contributed by atoms with Crippen molar-refractivity contribution in [1.29, 1.82) is 0 Å². The Morgan fingerprint density at radius 1 is 1.44 bits per heavy atom. The van der Waals surface area contributed by atoms with Gasteiger partial charge in [-0.1, -0.05) is 31.3 Å². The first-order valence-corrected chi connectivity index (χ1v) is 5.86. The molecule has 1 aromatic rings. The summed E-state index contributed by atoms with van der Waals surface area (Å²) in [6.45, 7) is 8.22. The van der Waals surface area contributed by atoms with Crippen molar-refractivity contribution in [3.8, 4) is 5.75 Å². The molecule has 0 aliphatic carbocycles. The van der Waals surface area contributed by atoms with E-state index in [1.54, 1.807) is 0 Å². The smallest absolute Gasteiger partial charge is 0.133 e. The molecule has 0 amide bonds. The van der Waals surface area contributed by atoms with Crippen LogP contribution in [-0.2, 0) is 0 Å². The van der Waals surface area contributed by atoms with Crippen molar-refractivity contribution in [3.63, 3.8) is 0 Å². The zero-order valence-electron chi connectivity index (χ0n) is 10.3. The molecule has 88 valence electrons. The van der Waals surface area contributed by atoms with Crippen molar-refractivity contribution in [2.75, 3.05) is 0 Å².